The van der Waals surface area contributed by atoms with Crippen LogP contribution in [0.4, 0.5) is 5.69 Å². The van der Waals surface area contributed by atoms with Crippen molar-refractivity contribution < 1.29 is 9.32 Å². The molecule has 4 rings (SSSR count). The first-order valence-corrected chi connectivity index (χ1v) is 15.4. The zero-order chi connectivity index (χ0) is 23.3. The second-order valence-corrected chi connectivity index (χ2v) is 14.5. The number of thioether (sulfide) groups is 1. The van der Waals surface area contributed by atoms with Gasteiger partial charge in [0.25, 0.3) is 0 Å². The molecule has 3 nitrogen and oxygen atoms in total. The van der Waals surface area contributed by atoms with Crippen LogP contribution >= 0.6 is 11.8 Å². The van der Waals surface area contributed by atoms with E-state index in [0.717, 1.165) is 21.5 Å². The molecule has 1 atom stereocenters. The molecule has 5 heteroatoms. The highest BCUT2D eigenvalue weighted by Crippen LogP contribution is 2.35. The Morgan fingerprint density at radius 2 is 1.42 bits per heavy atom. The smallest absolute Gasteiger partial charge is 0.220 e. The minimum absolute atomic E-state index is 0.110. The van der Waals surface area contributed by atoms with Crippen molar-refractivity contribution in [3.05, 3.63) is 109 Å². The molecule has 0 fully saturated rings. The van der Waals surface area contributed by atoms with E-state index < -0.39 is 8.32 Å². The molecule has 4 aromatic carbocycles. The van der Waals surface area contributed by atoms with Crippen molar-refractivity contribution in [3.63, 3.8) is 0 Å². The lowest BCUT2D eigenvalue weighted by Crippen LogP contribution is -2.40. The molecule has 0 aliphatic heterocycles. The summed E-state index contributed by atoms with van der Waals surface area (Å²) in [7, 11) is -1.95. The molecule has 0 bridgehead atoms. The number of rotatable bonds is 8. The second kappa shape index (κ2) is 10.4. The van der Waals surface area contributed by atoms with Crippen molar-refractivity contribution in [2.45, 2.75) is 37.0 Å². The van der Waals surface area contributed by atoms with E-state index in [1.807, 2.05) is 71.8 Å². The van der Waals surface area contributed by atoms with E-state index in [0.29, 0.717) is 6.42 Å². The predicted octanol–water partition coefficient (Wildman–Crippen LogP) is 7.86. The normalized spacial score (nSPS) is 12.5. The lowest BCUT2D eigenvalue weighted by molar-refractivity contribution is -0.111. The van der Waals surface area contributed by atoms with E-state index in [-0.39, 0.29) is 11.2 Å². The molecular weight excluding hydrogens is 442 g/mol. The summed E-state index contributed by atoms with van der Waals surface area (Å²) >= 11 is 1.30. The number of fused-ring (bicyclic) bond motifs is 1. The molecule has 0 amide bonds. The van der Waals surface area contributed by atoms with Gasteiger partial charge in [0.1, 0.15) is 0 Å². The highest BCUT2D eigenvalue weighted by molar-refractivity contribution is 8.13. The van der Waals surface area contributed by atoms with E-state index >= 15 is 0 Å². The minimum Gasteiger partial charge on any atom is -0.320 e. The van der Waals surface area contributed by atoms with Gasteiger partial charge in [0.2, 0.25) is 8.32 Å². The number of hydrogen-bond donors (Lipinski definition) is 0. The average Bonchev–Trinajstić information content (AvgIpc) is 2.82. The number of anilines is 1. The van der Waals surface area contributed by atoms with Crippen LogP contribution in [0.25, 0.3) is 10.8 Å². The summed E-state index contributed by atoms with van der Waals surface area (Å²) in [5, 5.41) is 4.39. The molecule has 0 heterocycles. The van der Waals surface area contributed by atoms with Gasteiger partial charge in [-0.15, -0.1) is 0 Å². The Morgan fingerprint density at radius 3 is 2.09 bits per heavy atom. The van der Waals surface area contributed by atoms with E-state index in [9.17, 15) is 4.79 Å². The molecule has 33 heavy (non-hydrogen) atoms. The first-order valence-electron chi connectivity index (χ1n) is 11.2. The summed E-state index contributed by atoms with van der Waals surface area (Å²) in [6, 6.07) is 34.4. The Labute approximate surface area is 201 Å². The fraction of sp³-hybridized carbons (Fsp3) is 0.179. The van der Waals surface area contributed by atoms with E-state index in [2.05, 4.69) is 56.0 Å². The van der Waals surface area contributed by atoms with Crippen LogP contribution in [0.3, 0.4) is 0 Å². The van der Waals surface area contributed by atoms with Gasteiger partial charge < -0.3 is 4.53 Å². The van der Waals surface area contributed by atoms with E-state index in [1.54, 1.807) is 0 Å². The highest BCUT2D eigenvalue weighted by Gasteiger charge is 2.30. The largest absolute Gasteiger partial charge is 0.320 e. The van der Waals surface area contributed by atoms with Crippen LogP contribution in [0.1, 0.15) is 18.0 Å². The summed E-state index contributed by atoms with van der Waals surface area (Å²) in [5.74, 6) is 0. The van der Waals surface area contributed by atoms with Crippen LogP contribution in [-0.4, -0.2) is 13.4 Å². The average molecular weight is 472 g/mol. The summed E-state index contributed by atoms with van der Waals surface area (Å²) in [5.41, 5.74) is 2.02. The van der Waals surface area contributed by atoms with Gasteiger partial charge in [-0.1, -0.05) is 90.6 Å². The van der Waals surface area contributed by atoms with Crippen molar-refractivity contribution in [2.75, 3.05) is 5.06 Å². The fourth-order valence-corrected chi connectivity index (χ4v) is 5.39. The first-order chi connectivity index (χ1) is 15.9. The van der Waals surface area contributed by atoms with Gasteiger partial charge in [-0.05, 0) is 60.2 Å². The third-order valence-electron chi connectivity index (χ3n) is 5.16. The topological polar surface area (TPSA) is 29.5 Å². The van der Waals surface area contributed by atoms with Crippen LogP contribution < -0.4 is 5.06 Å². The van der Waals surface area contributed by atoms with Gasteiger partial charge in [-0.3, -0.25) is 9.86 Å². The van der Waals surface area contributed by atoms with Crippen molar-refractivity contribution in [3.8, 4) is 0 Å². The highest BCUT2D eigenvalue weighted by atomic mass is 32.2. The maximum Gasteiger partial charge on any atom is 0.220 e. The number of hydroxylamine groups is 1. The molecule has 0 saturated carbocycles. The van der Waals surface area contributed by atoms with Crippen LogP contribution in [-0.2, 0) is 9.32 Å². The van der Waals surface area contributed by atoms with Gasteiger partial charge in [0, 0.05) is 11.3 Å². The fourth-order valence-electron chi connectivity index (χ4n) is 3.74. The zero-order valence-corrected chi connectivity index (χ0v) is 21.1. The van der Waals surface area contributed by atoms with Crippen molar-refractivity contribution in [2.24, 2.45) is 0 Å². The minimum atomic E-state index is -1.95. The maximum absolute atomic E-state index is 13.3. The standard InChI is InChI=1S/C28H29NO2SSi/c1-33(2,3)31-29(25-16-8-5-9-17-25)27(23-13-6-4-7-14-23)21-28(30)32-26-19-18-22-12-10-11-15-24(22)20-26/h4-20,27H,21H2,1-3H3. The number of para-hydroxylation sites is 1. The Hall–Kier alpha value is -2.86. The Balaban J connectivity index is 1.63. The molecule has 0 radical (unpaired) electrons. The quantitative estimate of drug-likeness (QED) is 0.149. The van der Waals surface area contributed by atoms with Gasteiger partial charge >= 0.3 is 0 Å². The lowest BCUT2D eigenvalue weighted by atomic mass is 10.0. The molecule has 0 saturated heterocycles. The Morgan fingerprint density at radius 1 is 0.818 bits per heavy atom. The van der Waals surface area contributed by atoms with Crippen molar-refractivity contribution in [1.29, 1.82) is 0 Å². The van der Waals surface area contributed by atoms with Gasteiger partial charge in [0.05, 0.1) is 11.7 Å². The SMILES string of the molecule is C[Si](C)(C)ON(c1ccccc1)C(CC(=O)Sc1ccc2ccccc2c1)c1ccccc1. The molecule has 0 spiro atoms. The molecule has 0 N–H and O–H groups in total. The molecular formula is C28H29NO2SSi. The molecule has 0 aliphatic carbocycles. The monoisotopic (exact) mass is 471 g/mol. The van der Waals surface area contributed by atoms with Gasteiger partial charge in [0.15, 0.2) is 5.12 Å². The molecule has 0 aliphatic rings. The lowest BCUT2D eigenvalue weighted by Gasteiger charge is -2.37. The number of nitrogens with zero attached hydrogens (tertiary/aromatic N) is 1. The summed E-state index contributed by atoms with van der Waals surface area (Å²) in [6.07, 6.45) is 0.334. The summed E-state index contributed by atoms with van der Waals surface area (Å²) < 4.78 is 6.56. The van der Waals surface area contributed by atoms with Crippen LogP contribution in [0.2, 0.25) is 19.6 Å². The van der Waals surface area contributed by atoms with Crippen LogP contribution in [0, 0.1) is 0 Å². The summed E-state index contributed by atoms with van der Waals surface area (Å²) in [6.45, 7) is 6.49. The molecule has 4 aromatic rings. The number of carbonyl (C=O) groups is 1. The first kappa shape index (κ1) is 23.3. The summed E-state index contributed by atoms with van der Waals surface area (Å²) in [4.78, 5) is 14.3. The number of carbonyl (C=O) groups excluding carboxylic acids is 1. The predicted molar refractivity (Wildman–Crippen MR) is 142 cm³/mol. The van der Waals surface area contributed by atoms with Crippen LogP contribution in [0.15, 0.2) is 108 Å². The molecule has 0 aromatic heterocycles. The maximum atomic E-state index is 13.3. The third kappa shape index (κ3) is 6.35. The molecule has 1 unspecified atom stereocenters. The van der Waals surface area contributed by atoms with Gasteiger partial charge in [-0.2, -0.15) is 0 Å². The van der Waals surface area contributed by atoms with Gasteiger partial charge in [-0.25, -0.2) is 0 Å². The van der Waals surface area contributed by atoms with Crippen molar-refractivity contribution in [1.82, 2.24) is 0 Å². The van der Waals surface area contributed by atoms with Crippen LogP contribution in [0.5, 0.6) is 0 Å². The van der Waals surface area contributed by atoms with E-state index in [1.165, 1.54) is 17.1 Å². The Kier molecular flexibility index (Phi) is 7.33. The van der Waals surface area contributed by atoms with Crippen molar-refractivity contribution >= 4 is 41.7 Å². The zero-order valence-electron chi connectivity index (χ0n) is 19.3. The third-order valence-corrected chi connectivity index (χ3v) is 6.79. The molecule has 168 valence electrons. The number of benzene rings is 4. The second-order valence-electron chi connectivity index (χ2n) is 8.98. The Bertz CT molecular complexity index is 1210. The van der Waals surface area contributed by atoms with E-state index in [4.69, 9.17) is 4.53 Å². The number of hydrogen-bond acceptors (Lipinski definition) is 4.